The van der Waals surface area contributed by atoms with Gasteiger partial charge in [-0.2, -0.15) is 0 Å². The van der Waals surface area contributed by atoms with Crippen LogP contribution in [0.15, 0.2) is 14.4 Å². The van der Waals surface area contributed by atoms with Gasteiger partial charge in [0.2, 0.25) is 11.8 Å². The number of hydrogen-bond acceptors (Lipinski definition) is 7. The molecule has 0 fully saturated rings. The summed E-state index contributed by atoms with van der Waals surface area (Å²) in [6, 6.07) is 0. The summed E-state index contributed by atoms with van der Waals surface area (Å²) in [4.78, 5) is 19.4. The first-order valence-electron chi connectivity index (χ1n) is 7.39. The van der Waals surface area contributed by atoms with Crippen molar-refractivity contribution in [3.63, 3.8) is 0 Å². The van der Waals surface area contributed by atoms with E-state index in [0.29, 0.717) is 23.5 Å². The Morgan fingerprint density at radius 1 is 1.30 bits per heavy atom. The van der Waals surface area contributed by atoms with E-state index < -0.39 is 0 Å². The molecule has 1 unspecified atom stereocenters. The van der Waals surface area contributed by atoms with Crippen LogP contribution < -0.4 is 5.56 Å². The summed E-state index contributed by atoms with van der Waals surface area (Å²) in [7, 11) is 0. The molecule has 8 heteroatoms. The van der Waals surface area contributed by atoms with E-state index in [1.807, 2.05) is 27.7 Å². The lowest BCUT2D eigenvalue weighted by molar-refractivity contribution is 0.469. The van der Waals surface area contributed by atoms with Crippen LogP contribution in [0.5, 0.6) is 0 Å². The van der Waals surface area contributed by atoms with Gasteiger partial charge < -0.3 is 4.42 Å². The van der Waals surface area contributed by atoms with E-state index in [9.17, 15) is 4.79 Å². The van der Waals surface area contributed by atoms with E-state index in [1.165, 1.54) is 11.8 Å². The Balaban J connectivity index is 2.08. The Labute approximate surface area is 142 Å². The Morgan fingerprint density at radius 3 is 2.65 bits per heavy atom. The lowest BCUT2D eigenvalue weighted by Crippen LogP contribution is -2.22. The molecular formula is C15H18N4O2S2. The number of hydrogen-bond donors (Lipinski definition) is 0. The quantitative estimate of drug-likeness (QED) is 0.528. The van der Waals surface area contributed by atoms with Gasteiger partial charge in [-0.15, -0.1) is 21.5 Å². The molecule has 0 bridgehead atoms. The fraction of sp³-hybridized carbons (Fsp3) is 0.467. The molecule has 3 rings (SSSR count). The predicted octanol–water partition coefficient (Wildman–Crippen LogP) is 3.64. The molecule has 0 spiro atoms. The van der Waals surface area contributed by atoms with Crippen LogP contribution in [0.2, 0.25) is 0 Å². The summed E-state index contributed by atoms with van der Waals surface area (Å²) >= 11 is 3.03. The van der Waals surface area contributed by atoms with Crippen molar-refractivity contribution in [2.24, 2.45) is 0 Å². The van der Waals surface area contributed by atoms with Crippen molar-refractivity contribution in [1.82, 2.24) is 19.7 Å². The zero-order chi connectivity index (χ0) is 16.7. The third kappa shape index (κ3) is 2.81. The molecule has 0 saturated heterocycles. The van der Waals surface area contributed by atoms with Crippen molar-refractivity contribution in [3.8, 4) is 0 Å². The summed E-state index contributed by atoms with van der Waals surface area (Å²) in [5.41, 5.74) is 1.05. The molecule has 1 atom stereocenters. The number of aryl methyl sites for hydroxylation is 3. The number of fused-ring (bicyclic) bond motifs is 1. The average Bonchev–Trinajstić information content (AvgIpc) is 3.04. The van der Waals surface area contributed by atoms with Crippen LogP contribution >= 0.6 is 23.1 Å². The van der Waals surface area contributed by atoms with Crippen LogP contribution in [0.25, 0.3) is 10.2 Å². The summed E-state index contributed by atoms with van der Waals surface area (Å²) in [6.07, 6.45) is 0. The first-order chi connectivity index (χ1) is 10.9. The first-order valence-corrected chi connectivity index (χ1v) is 9.09. The van der Waals surface area contributed by atoms with Crippen LogP contribution in [0.3, 0.4) is 0 Å². The fourth-order valence-corrected chi connectivity index (χ4v) is 4.44. The molecule has 23 heavy (non-hydrogen) atoms. The van der Waals surface area contributed by atoms with Crippen LogP contribution in [-0.2, 0) is 6.54 Å². The van der Waals surface area contributed by atoms with E-state index in [4.69, 9.17) is 9.40 Å². The predicted molar refractivity (Wildman–Crippen MR) is 92.3 cm³/mol. The van der Waals surface area contributed by atoms with Gasteiger partial charge in [-0.1, -0.05) is 11.8 Å². The Kier molecular flexibility index (Phi) is 4.29. The fourth-order valence-electron chi connectivity index (χ4n) is 2.36. The van der Waals surface area contributed by atoms with Gasteiger partial charge in [-0.3, -0.25) is 9.36 Å². The minimum Gasteiger partial charge on any atom is -0.424 e. The lowest BCUT2D eigenvalue weighted by Gasteiger charge is -2.12. The third-order valence-electron chi connectivity index (χ3n) is 3.74. The van der Waals surface area contributed by atoms with Gasteiger partial charge in [0.1, 0.15) is 4.83 Å². The van der Waals surface area contributed by atoms with Gasteiger partial charge in [0.15, 0.2) is 5.16 Å². The molecule has 0 saturated carbocycles. The second kappa shape index (κ2) is 6.09. The van der Waals surface area contributed by atoms with Crippen LogP contribution in [0.4, 0.5) is 0 Å². The van der Waals surface area contributed by atoms with E-state index in [0.717, 1.165) is 20.7 Å². The molecule has 122 valence electrons. The van der Waals surface area contributed by atoms with Crippen molar-refractivity contribution in [3.05, 3.63) is 32.6 Å². The standard InChI is InChI=1S/C15H18N4O2S2/c1-6-19-14(20)11-7(2)8(3)22-13(11)16-15(19)23-9(4)12-18-17-10(5)21-12/h9H,6H2,1-5H3. The summed E-state index contributed by atoms with van der Waals surface area (Å²) in [5.74, 6) is 1.08. The van der Waals surface area contributed by atoms with E-state index in [-0.39, 0.29) is 10.8 Å². The highest BCUT2D eigenvalue weighted by Crippen LogP contribution is 2.34. The highest BCUT2D eigenvalue weighted by Gasteiger charge is 2.20. The van der Waals surface area contributed by atoms with E-state index >= 15 is 0 Å². The molecule has 0 aliphatic heterocycles. The molecule has 3 aromatic rings. The van der Waals surface area contributed by atoms with Crippen molar-refractivity contribution in [2.45, 2.75) is 51.6 Å². The van der Waals surface area contributed by atoms with Gasteiger partial charge in [-0.05, 0) is 33.3 Å². The van der Waals surface area contributed by atoms with E-state index in [1.54, 1.807) is 22.8 Å². The molecule has 0 amide bonds. The summed E-state index contributed by atoms with van der Waals surface area (Å²) < 4.78 is 7.19. The Bertz CT molecular complexity index is 926. The zero-order valence-electron chi connectivity index (χ0n) is 13.7. The SMILES string of the molecule is CCn1c(SC(C)c2nnc(C)o2)nc2sc(C)c(C)c2c1=O. The summed E-state index contributed by atoms with van der Waals surface area (Å²) in [5, 5.41) is 9.26. The maximum atomic E-state index is 12.8. The number of nitrogens with zero attached hydrogens (tertiary/aromatic N) is 4. The van der Waals surface area contributed by atoms with Crippen molar-refractivity contribution >= 4 is 33.3 Å². The maximum Gasteiger partial charge on any atom is 0.263 e. The Hall–Kier alpha value is -1.67. The number of rotatable bonds is 4. The molecule has 0 radical (unpaired) electrons. The molecule has 6 nitrogen and oxygen atoms in total. The average molecular weight is 350 g/mol. The highest BCUT2D eigenvalue weighted by atomic mass is 32.2. The number of thioether (sulfide) groups is 1. The summed E-state index contributed by atoms with van der Waals surface area (Å²) in [6.45, 7) is 10.3. The number of thiophene rings is 1. The van der Waals surface area contributed by atoms with Gasteiger partial charge in [0.05, 0.1) is 10.6 Å². The van der Waals surface area contributed by atoms with Crippen molar-refractivity contribution in [2.75, 3.05) is 0 Å². The molecule has 3 aromatic heterocycles. The van der Waals surface area contributed by atoms with Crippen molar-refractivity contribution < 1.29 is 4.42 Å². The third-order valence-corrected chi connectivity index (χ3v) is 5.92. The minimum atomic E-state index is -0.0690. The molecule has 0 aliphatic carbocycles. The number of aromatic nitrogens is 4. The van der Waals surface area contributed by atoms with Crippen LogP contribution in [-0.4, -0.2) is 19.7 Å². The molecule has 0 N–H and O–H groups in total. The van der Waals surface area contributed by atoms with Gasteiger partial charge in [0.25, 0.3) is 5.56 Å². The Morgan fingerprint density at radius 2 is 2.04 bits per heavy atom. The second-order valence-corrected chi connectivity index (χ2v) is 7.84. The molecule has 0 aromatic carbocycles. The maximum absolute atomic E-state index is 12.8. The van der Waals surface area contributed by atoms with Crippen LogP contribution in [0.1, 0.15) is 41.3 Å². The zero-order valence-corrected chi connectivity index (χ0v) is 15.3. The topological polar surface area (TPSA) is 73.8 Å². The molecule has 3 heterocycles. The molecule has 0 aliphatic rings. The van der Waals surface area contributed by atoms with E-state index in [2.05, 4.69) is 10.2 Å². The monoisotopic (exact) mass is 350 g/mol. The normalized spacial score (nSPS) is 12.9. The minimum absolute atomic E-state index is 0.0239. The van der Waals surface area contributed by atoms with Gasteiger partial charge in [0, 0.05) is 18.3 Å². The first kappa shape index (κ1) is 16.2. The highest BCUT2D eigenvalue weighted by molar-refractivity contribution is 7.99. The van der Waals surface area contributed by atoms with Gasteiger partial charge in [-0.25, -0.2) is 4.98 Å². The molecular weight excluding hydrogens is 332 g/mol. The largest absolute Gasteiger partial charge is 0.424 e. The van der Waals surface area contributed by atoms with Gasteiger partial charge >= 0.3 is 0 Å². The smallest absolute Gasteiger partial charge is 0.263 e. The lowest BCUT2D eigenvalue weighted by atomic mass is 10.2. The van der Waals surface area contributed by atoms with Crippen LogP contribution in [0, 0.1) is 20.8 Å². The van der Waals surface area contributed by atoms with Crippen molar-refractivity contribution in [1.29, 1.82) is 0 Å². The second-order valence-electron chi connectivity index (χ2n) is 5.33.